The van der Waals surface area contributed by atoms with Crippen LogP contribution in [0.25, 0.3) is 0 Å². The van der Waals surface area contributed by atoms with Crippen LogP contribution < -0.4 is 15.8 Å². The molecule has 1 aliphatic rings. The molecule has 2 heterocycles. The lowest BCUT2D eigenvalue weighted by molar-refractivity contribution is 0.411. The Labute approximate surface area is 122 Å². The number of anilines is 1. The van der Waals surface area contributed by atoms with Crippen molar-refractivity contribution in [1.29, 1.82) is 0 Å². The maximum atomic E-state index is 12.2. The highest BCUT2D eigenvalue weighted by Crippen LogP contribution is 2.25. The lowest BCUT2D eigenvalue weighted by atomic mass is 10.1. The van der Waals surface area contributed by atoms with E-state index in [9.17, 15) is 4.79 Å². The van der Waals surface area contributed by atoms with E-state index < -0.39 is 0 Å². The monoisotopic (exact) mass is 328 g/mol. The first-order valence-corrected chi connectivity index (χ1v) is 7.71. The maximum Gasteiger partial charge on any atom is 0.283 e. The summed E-state index contributed by atoms with van der Waals surface area (Å²) in [5, 5.41) is 7.56. The second kappa shape index (κ2) is 6.52. The number of hydrogen-bond donors (Lipinski definition) is 1. The zero-order chi connectivity index (χ0) is 13.8. The van der Waals surface area contributed by atoms with Crippen LogP contribution in [0.1, 0.15) is 26.7 Å². The van der Waals surface area contributed by atoms with Crippen LogP contribution >= 0.6 is 15.9 Å². The van der Waals surface area contributed by atoms with Crippen LogP contribution in [0.3, 0.4) is 0 Å². The van der Waals surface area contributed by atoms with E-state index in [1.807, 2.05) is 13.1 Å². The Morgan fingerprint density at radius 2 is 2.21 bits per heavy atom. The van der Waals surface area contributed by atoms with Gasteiger partial charge in [0.25, 0.3) is 5.56 Å². The Morgan fingerprint density at radius 3 is 2.74 bits per heavy atom. The van der Waals surface area contributed by atoms with Gasteiger partial charge in [0.2, 0.25) is 0 Å². The van der Waals surface area contributed by atoms with Crippen molar-refractivity contribution < 1.29 is 0 Å². The molecule has 0 aliphatic carbocycles. The van der Waals surface area contributed by atoms with Gasteiger partial charge >= 0.3 is 0 Å². The minimum absolute atomic E-state index is 0.0345. The molecule has 1 fully saturated rings. The van der Waals surface area contributed by atoms with E-state index in [1.165, 1.54) is 4.68 Å². The van der Waals surface area contributed by atoms with Gasteiger partial charge in [-0.15, -0.1) is 0 Å². The molecule has 1 N–H and O–H groups in total. The maximum absolute atomic E-state index is 12.2. The van der Waals surface area contributed by atoms with Gasteiger partial charge < -0.3 is 10.2 Å². The van der Waals surface area contributed by atoms with Gasteiger partial charge in [0.15, 0.2) is 0 Å². The van der Waals surface area contributed by atoms with Gasteiger partial charge in [-0.3, -0.25) is 4.79 Å². The second-order valence-electron chi connectivity index (χ2n) is 4.88. The van der Waals surface area contributed by atoms with Crippen LogP contribution in [-0.2, 0) is 6.54 Å². The summed E-state index contributed by atoms with van der Waals surface area (Å²) in [4.78, 5) is 14.5. The highest BCUT2D eigenvalue weighted by Gasteiger charge is 2.26. The van der Waals surface area contributed by atoms with Gasteiger partial charge in [-0.25, -0.2) is 4.68 Å². The van der Waals surface area contributed by atoms with Gasteiger partial charge in [0.05, 0.1) is 17.9 Å². The van der Waals surface area contributed by atoms with Gasteiger partial charge in [0, 0.05) is 26.2 Å². The van der Waals surface area contributed by atoms with Crippen molar-refractivity contribution in [2.75, 3.05) is 24.5 Å². The lowest BCUT2D eigenvalue weighted by Crippen LogP contribution is -2.58. The fourth-order valence-corrected chi connectivity index (χ4v) is 2.80. The van der Waals surface area contributed by atoms with Crippen LogP contribution in [-0.4, -0.2) is 35.5 Å². The van der Waals surface area contributed by atoms with Crippen LogP contribution in [0, 0.1) is 0 Å². The van der Waals surface area contributed by atoms with Crippen molar-refractivity contribution in [2.45, 2.75) is 39.3 Å². The Balaban J connectivity index is 2.31. The van der Waals surface area contributed by atoms with E-state index in [1.54, 1.807) is 0 Å². The normalized spacial score (nSPS) is 15.3. The molecule has 1 saturated heterocycles. The number of rotatable bonds is 6. The van der Waals surface area contributed by atoms with Crippen molar-refractivity contribution in [3.8, 4) is 0 Å². The SMILES string of the molecule is CCCN(c1cnn(CCC)c(=O)c1Br)C1CNC1. The zero-order valence-electron chi connectivity index (χ0n) is 11.5. The van der Waals surface area contributed by atoms with E-state index in [-0.39, 0.29) is 5.56 Å². The lowest BCUT2D eigenvalue weighted by Gasteiger charge is -2.39. The fourth-order valence-electron chi connectivity index (χ4n) is 2.26. The third-order valence-electron chi connectivity index (χ3n) is 3.38. The minimum Gasteiger partial charge on any atom is -0.364 e. The molecule has 2 rings (SSSR count). The molecule has 0 bridgehead atoms. The number of nitrogens with zero attached hydrogens (tertiary/aromatic N) is 3. The van der Waals surface area contributed by atoms with Crippen molar-refractivity contribution in [3.05, 3.63) is 21.0 Å². The van der Waals surface area contributed by atoms with Gasteiger partial charge in [0.1, 0.15) is 4.47 Å². The Bertz CT molecular complexity index is 484. The van der Waals surface area contributed by atoms with E-state index in [4.69, 9.17) is 0 Å². The molecule has 0 aromatic carbocycles. The molecule has 0 saturated carbocycles. The predicted molar refractivity (Wildman–Crippen MR) is 80.8 cm³/mol. The molecule has 5 nitrogen and oxygen atoms in total. The molecule has 1 aromatic rings. The molecule has 6 heteroatoms. The van der Waals surface area contributed by atoms with E-state index in [2.05, 4.69) is 38.2 Å². The van der Waals surface area contributed by atoms with Crippen molar-refractivity contribution in [1.82, 2.24) is 15.1 Å². The largest absolute Gasteiger partial charge is 0.364 e. The first kappa shape index (κ1) is 14.5. The third kappa shape index (κ3) is 3.00. The summed E-state index contributed by atoms with van der Waals surface area (Å²) in [6, 6.07) is 0.472. The molecule has 0 amide bonds. The predicted octanol–water partition coefficient (Wildman–Crippen LogP) is 1.60. The molecule has 1 aliphatic heterocycles. The molecule has 19 heavy (non-hydrogen) atoms. The average Bonchev–Trinajstić information content (AvgIpc) is 2.33. The van der Waals surface area contributed by atoms with Crippen LogP contribution in [0.4, 0.5) is 5.69 Å². The molecule has 0 unspecified atom stereocenters. The fraction of sp³-hybridized carbons (Fsp3) is 0.692. The highest BCUT2D eigenvalue weighted by molar-refractivity contribution is 9.10. The molecule has 0 radical (unpaired) electrons. The summed E-state index contributed by atoms with van der Waals surface area (Å²) in [6.45, 7) is 7.76. The Kier molecular flexibility index (Phi) is 4.99. The summed E-state index contributed by atoms with van der Waals surface area (Å²) < 4.78 is 2.16. The minimum atomic E-state index is -0.0345. The molecule has 1 aromatic heterocycles. The number of halogens is 1. The highest BCUT2D eigenvalue weighted by atomic mass is 79.9. The van der Waals surface area contributed by atoms with Crippen LogP contribution in [0.2, 0.25) is 0 Å². The summed E-state index contributed by atoms with van der Waals surface area (Å²) in [5.41, 5.74) is 0.887. The van der Waals surface area contributed by atoms with Gasteiger partial charge in [-0.05, 0) is 28.8 Å². The molecule has 0 atom stereocenters. The zero-order valence-corrected chi connectivity index (χ0v) is 13.1. The number of hydrogen-bond acceptors (Lipinski definition) is 4. The standard InChI is InChI=1S/C13H21BrN4O/c1-3-5-17(10-7-15-8-10)11-9-16-18(6-4-2)13(19)12(11)14/h9-10,15H,3-8H2,1-2H3. The summed E-state index contributed by atoms with van der Waals surface area (Å²) in [6.07, 6.45) is 3.78. The smallest absolute Gasteiger partial charge is 0.283 e. The van der Waals surface area contributed by atoms with E-state index in [0.717, 1.165) is 38.2 Å². The summed E-state index contributed by atoms with van der Waals surface area (Å²) in [7, 11) is 0. The second-order valence-corrected chi connectivity index (χ2v) is 5.67. The first-order valence-electron chi connectivity index (χ1n) is 6.92. The first-order chi connectivity index (χ1) is 9.19. The Hall–Kier alpha value is -0.880. The van der Waals surface area contributed by atoms with Gasteiger partial charge in [-0.2, -0.15) is 5.10 Å². The molecule has 106 valence electrons. The van der Waals surface area contributed by atoms with Crippen LogP contribution in [0.5, 0.6) is 0 Å². The van der Waals surface area contributed by atoms with Crippen molar-refractivity contribution in [3.63, 3.8) is 0 Å². The molecule has 0 spiro atoms. The Morgan fingerprint density at radius 1 is 1.47 bits per heavy atom. The van der Waals surface area contributed by atoms with E-state index >= 15 is 0 Å². The summed E-state index contributed by atoms with van der Waals surface area (Å²) >= 11 is 3.46. The number of nitrogens with one attached hydrogen (secondary N) is 1. The third-order valence-corrected chi connectivity index (χ3v) is 4.12. The number of aromatic nitrogens is 2. The van der Waals surface area contributed by atoms with Gasteiger partial charge in [-0.1, -0.05) is 13.8 Å². The molecular weight excluding hydrogens is 308 g/mol. The summed E-state index contributed by atoms with van der Waals surface area (Å²) in [5.74, 6) is 0. The molecular formula is C13H21BrN4O. The van der Waals surface area contributed by atoms with Crippen LogP contribution in [0.15, 0.2) is 15.5 Å². The van der Waals surface area contributed by atoms with E-state index in [0.29, 0.717) is 17.1 Å². The topological polar surface area (TPSA) is 50.2 Å². The number of aryl methyl sites for hydroxylation is 1. The average molecular weight is 329 g/mol. The van der Waals surface area contributed by atoms with Crippen molar-refractivity contribution >= 4 is 21.6 Å². The quantitative estimate of drug-likeness (QED) is 0.861. The van der Waals surface area contributed by atoms with Crippen molar-refractivity contribution in [2.24, 2.45) is 0 Å².